The van der Waals surface area contributed by atoms with E-state index in [9.17, 15) is 0 Å². The molecule has 1 rings (SSSR count). The fourth-order valence-electron chi connectivity index (χ4n) is 1.37. The van der Waals surface area contributed by atoms with Crippen LogP contribution in [0.5, 0.6) is 0 Å². The molecule has 0 aromatic rings. The van der Waals surface area contributed by atoms with E-state index in [0.29, 0.717) is 0 Å². The molecule has 0 spiro atoms. The van der Waals surface area contributed by atoms with Crippen molar-refractivity contribution in [3.8, 4) is 0 Å². The van der Waals surface area contributed by atoms with E-state index in [1.165, 1.54) is 6.42 Å². The van der Waals surface area contributed by atoms with Gasteiger partial charge in [-0.25, -0.2) is 0 Å². The third kappa shape index (κ3) is 1.82. The summed E-state index contributed by atoms with van der Waals surface area (Å²) in [5.41, 5.74) is 5.11. The molecule has 0 aliphatic carbocycles. The van der Waals surface area contributed by atoms with Crippen LogP contribution in [-0.4, -0.2) is 13.6 Å². The summed E-state index contributed by atoms with van der Waals surface area (Å²) < 4.78 is 0. The minimum absolute atomic E-state index is 0.892. The van der Waals surface area contributed by atoms with Gasteiger partial charge in [0.15, 0.2) is 0 Å². The summed E-state index contributed by atoms with van der Waals surface area (Å²) in [5, 5.41) is 3.25. The predicted octanol–water partition coefficient (Wildman–Crippen LogP) is 2.88. The van der Waals surface area contributed by atoms with E-state index >= 15 is 0 Å². The molecule has 1 aliphatic heterocycles. The third-order valence-corrected chi connectivity index (χ3v) is 8.43. The number of hydrogen-bond donors (Lipinski definition) is 0. The Morgan fingerprint density at radius 3 is 1.62 bits per heavy atom. The first-order chi connectivity index (χ1) is 3.71. The molecule has 0 atom stereocenters. The average Bonchev–Trinajstić information content (AvgIpc) is 1.65. The summed E-state index contributed by atoms with van der Waals surface area (Å²) in [6.07, 6.45) is 4.60. The van der Waals surface area contributed by atoms with Crippen molar-refractivity contribution >= 4 is 13.6 Å². The van der Waals surface area contributed by atoms with Crippen LogP contribution in [0.25, 0.3) is 0 Å². The van der Waals surface area contributed by atoms with Crippen molar-refractivity contribution in [1.29, 1.82) is 0 Å². The maximum absolute atomic E-state index is 2.55. The van der Waals surface area contributed by atoms with Crippen LogP contribution in [0, 0.1) is 0 Å². The zero-order valence-electron chi connectivity index (χ0n) is 5.98. The first-order valence-electron chi connectivity index (χ1n) is 3.53. The third-order valence-electron chi connectivity index (χ3n) is 2.03. The summed E-state index contributed by atoms with van der Waals surface area (Å²) in [6.45, 7) is 0. The van der Waals surface area contributed by atoms with E-state index in [-0.39, 0.29) is 0 Å². The van der Waals surface area contributed by atoms with E-state index in [2.05, 4.69) is 11.4 Å². The van der Waals surface area contributed by atoms with Crippen LogP contribution in [0.15, 0.2) is 0 Å². The zero-order valence-corrected chi connectivity index (χ0v) is 7.86. The fourth-order valence-corrected chi connectivity index (χ4v) is 6.37. The Balaban J connectivity index is 2.33. The normalized spacial score (nSPS) is 27.8. The van der Waals surface area contributed by atoms with Crippen molar-refractivity contribution in [1.82, 2.24) is 0 Å². The van der Waals surface area contributed by atoms with Gasteiger partial charge in [-0.2, -0.15) is 0 Å². The summed E-state index contributed by atoms with van der Waals surface area (Å²) in [4.78, 5) is 0. The Hall–Kier alpha value is 0.558. The van der Waals surface area contributed by atoms with E-state index in [1.807, 2.05) is 0 Å². The molecular formula is C7H16As+. The van der Waals surface area contributed by atoms with Crippen molar-refractivity contribution in [3.05, 3.63) is 0 Å². The van der Waals surface area contributed by atoms with Crippen molar-refractivity contribution < 1.29 is 0 Å². The van der Waals surface area contributed by atoms with Gasteiger partial charge in [-0.1, -0.05) is 0 Å². The van der Waals surface area contributed by atoms with Gasteiger partial charge in [0, 0.05) is 0 Å². The van der Waals surface area contributed by atoms with Gasteiger partial charge >= 0.3 is 54.7 Å². The van der Waals surface area contributed by atoms with Crippen LogP contribution in [0.2, 0.25) is 21.8 Å². The molecule has 0 saturated carbocycles. The van der Waals surface area contributed by atoms with Crippen molar-refractivity contribution in [2.45, 2.75) is 41.1 Å². The summed E-state index contributed by atoms with van der Waals surface area (Å²) in [5.74, 6) is 0. The molecule has 1 fully saturated rings. The van der Waals surface area contributed by atoms with Gasteiger partial charge in [0.25, 0.3) is 0 Å². The SMILES string of the molecule is C[As+]1(C)CCCCC1. The van der Waals surface area contributed by atoms with Crippen molar-refractivity contribution in [3.63, 3.8) is 0 Å². The first-order valence-corrected chi connectivity index (χ1v) is 9.93. The minimum atomic E-state index is -0.892. The summed E-state index contributed by atoms with van der Waals surface area (Å²) in [7, 11) is 0. The molecule has 0 N–H and O–H groups in total. The summed E-state index contributed by atoms with van der Waals surface area (Å²) in [6, 6.07) is 0. The number of rotatable bonds is 0. The Kier molecular flexibility index (Phi) is 2.03. The second-order valence-corrected chi connectivity index (χ2v) is 13.4. The molecule has 0 aromatic carbocycles. The molecule has 0 bridgehead atoms. The van der Waals surface area contributed by atoms with Gasteiger partial charge in [-0.3, -0.25) is 0 Å². The summed E-state index contributed by atoms with van der Waals surface area (Å²) >= 11 is -0.892. The molecule has 1 aliphatic rings. The van der Waals surface area contributed by atoms with E-state index < -0.39 is 13.6 Å². The van der Waals surface area contributed by atoms with Gasteiger partial charge < -0.3 is 0 Å². The van der Waals surface area contributed by atoms with Crippen LogP contribution < -0.4 is 0 Å². The molecule has 0 radical (unpaired) electrons. The topological polar surface area (TPSA) is 0 Å². The van der Waals surface area contributed by atoms with Gasteiger partial charge in [0.2, 0.25) is 0 Å². The molecule has 48 valence electrons. The molecule has 1 heteroatoms. The Morgan fingerprint density at radius 1 is 0.875 bits per heavy atom. The molecule has 8 heavy (non-hydrogen) atoms. The van der Waals surface area contributed by atoms with E-state index in [0.717, 1.165) is 0 Å². The second-order valence-electron chi connectivity index (χ2n) is 3.44. The van der Waals surface area contributed by atoms with Crippen LogP contribution in [0.1, 0.15) is 19.3 Å². The quantitative estimate of drug-likeness (QED) is 0.496. The fraction of sp³-hybridized carbons (Fsp3) is 1.00. The van der Waals surface area contributed by atoms with Gasteiger partial charge in [-0.15, -0.1) is 0 Å². The molecule has 0 nitrogen and oxygen atoms in total. The van der Waals surface area contributed by atoms with E-state index in [4.69, 9.17) is 0 Å². The molecular weight excluding hydrogens is 159 g/mol. The van der Waals surface area contributed by atoms with Crippen LogP contribution in [0.4, 0.5) is 0 Å². The van der Waals surface area contributed by atoms with Crippen molar-refractivity contribution in [2.75, 3.05) is 0 Å². The number of hydrogen-bond acceptors (Lipinski definition) is 0. The van der Waals surface area contributed by atoms with Crippen molar-refractivity contribution in [2.24, 2.45) is 0 Å². The molecule has 0 aromatic heterocycles. The predicted molar refractivity (Wildman–Crippen MR) is 40.9 cm³/mol. The molecule has 1 heterocycles. The van der Waals surface area contributed by atoms with Gasteiger partial charge in [-0.05, 0) is 0 Å². The Labute approximate surface area is 55.1 Å². The Bertz CT molecular complexity index is 68.5. The van der Waals surface area contributed by atoms with Crippen LogP contribution >= 0.6 is 0 Å². The van der Waals surface area contributed by atoms with E-state index in [1.54, 1.807) is 23.3 Å². The molecule has 1 saturated heterocycles. The molecule has 0 unspecified atom stereocenters. The zero-order chi connectivity index (χ0) is 6.04. The average molecular weight is 175 g/mol. The van der Waals surface area contributed by atoms with Crippen LogP contribution in [-0.2, 0) is 0 Å². The monoisotopic (exact) mass is 175 g/mol. The van der Waals surface area contributed by atoms with Gasteiger partial charge in [0.1, 0.15) is 0 Å². The second kappa shape index (κ2) is 2.43. The Morgan fingerprint density at radius 2 is 1.38 bits per heavy atom. The standard InChI is InChI=1S/C7H16As/c1-8(2)6-4-3-5-7-8/h3-7H2,1-2H3/q+1. The molecule has 0 amide bonds. The van der Waals surface area contributed by atoms with Gasteiger partial charge in [0.05, 0.1) is 0 Å². The first kappa shape index (κ1) is 6.68. The van der Waals surface area contributed by atoms with Crippen LogP contribution in [0.3, 0.4) is 0 Å². The maximum atomic E-state index is 2.55.